The van der Waals surface area contributed by atoms with Crippen molar-refractivity contribution in [3.8, 4) is 0 Å². The van der Waals surface area contributed by atoms with Gasteiger partial charge in [0.15, 0.2) is 0 Å². The molecule has 0 atom stereocenters. The van der Waals surface area contributed by atoms with Crippen molar-refractivity contribution in [2.75, 3.05) is 43.4 Å². The van der Waals surface area contributed by atoms with E-state index in [0.717, 1.165) is 44.0 Å². The summed E-state index contributed by atoms with van der Waals surface area (Å²) >= 11 is 0. The van der Waals surface area contributed by atoms with Crippen LogP contribution in [-0.2, 0) is 4.79 Å². The first-order valence-corrected chi connectivity index (χ1v) is 8.94. The molecule has 1 amide bonds. The molecule has 0 aliphatic carbocycles. The Hall–Kier alpha value is -1.55. The van der Waals surface area contributed by atoms with E-state index >= 15 is 0 Å². The maximum absolute atomic E-state index is 12.1. The molecule has 0 aliphatic heterocycles. The van der Waals surface area contributed by atoms with Crippen LogP contribution in [0.5, 0.6) is 0 Å². The molecule has 1 N–H and O–H groups in total. The molecule has 1 rings (SSSR count). The average Bonchev–Trinajstić information content (AvgIpc) is 2.54. The number of hydrogen-bond acceptors (Lipinski definition) is 3. The van der Waals surface area contributed by atoms with Crippen molar-refractivity contribution in [2.24, 2.45) is 0 Å². The third-order valence-corrected chi connectivity index (χ3v) is 4.00. The zero-order valence-corrected chi connectivity index (χ0v) is 15.3. The van der Waals surface area contributed by atoms with E-state index in [0.29, 0.717) is 6.42 Å². The Balaban J connectivity index is 2.41. The molecule has 0 fully saturated rings. The minimum atomic E-state index is 0.106. The van der Waals surface area contributed by atoms with Crippen LogP contribution < -0.4 is 10.2 Å². The van der Waals surface area contributed by atoms with Crippen molar-refractivity contribution < 1.29 is 4.79 Å². The van der Waals surface area contributed by atoms with Gasteiger partial charge in [0.05, 0.1) is 0 Å². The minimum absolute atomic E-state index is 0.106. The molecule has 0 aromatic heterocycles. The van der Waals surface area contributed by atoms with E-state index in [2.05, 4.69) is 49.0 Å². The van der Waals surface area contributed by atoms with Crippen LogP contribution in [0.1, 0.15) is 46.5 Å². The Morgan fingerprint density at radius 3 is 2.39 bits per heavy atom. The highest BCUT2D eigenvalue weighted by Crippen LogP contribution is 2.18. The number of benzene rings is 1. The third-order valence-electron chi connectivity index (χ3n) is 4.00. The molecular weight excluding hydrogens is 286 g/mol. The summed E-state index contributed by atoms with van der Waals surface area (Å²) in [6.07, 6.45) is 3.84. The molecule has 0 bridgehead atoms. The summed E-state index contributed by atoms with van der Waals surface area (Å²) in [5.41, 5.74) is 2.01. The maximum atomic E-state index is 12.1. The van der Waals surface area contributed by atoms with Gasteiger partial charge in [0.2, 0.25) is 5.91 Å². The predicted molar refractivity (Wildman–Crippen MR) is 100 cm³/mol. The molecule has 4 nitrogen and oxygen atoms in total. The number of nitrogens with one attached hydrogen (secondary N) is 1. The van der Waals surface area contributed by atoms with E-state index in [9.17, 15) is 4.79 Å². The number of rotatable bonds is 11. The minimum Gasteiger partial charge on any atom is -0.375 e. The lowest BCUT2D eigenvalue weighted by Crippen LogP contribution is -2.27. The van der Waals surface area contributed by atoms with E-state index in [1.54, 1.807) is 0 Å². The van der Waals surface area contributed by atoms with E-state index in [1.165, 1.54) is 12.8 Å². The second-order valence-electron chi connectivity index (χ2n) is 6.06. The third kappa shape index (κ3) is 7.51. The summed E-state index contributed by atoms with van der Waals surface area (Å²) in [7, 11) is 2.05. The van der Waals surface area contributed by atoms with Gasteiger partial charge in [0, 0.05) is 31.4 Å². The largest absolute Gasteiger partial charge is 0.375 e. The van der Waals surface area contributed by atoms with Crippen LogP contribution in [0.15, 0.2) is 24.3 Å². The summed E-state index contributed by atoms with van der Waals surface area (Å²) in [5.74, 6) is 0.106. The van der Waals surface area contributed by atoms with E-state index in [4.69, 9.17) is 0 Å². The molecule has 0 aliphatic rings. The first-order chi connectivity index (χ1) is 11.1. The molecular formula is C19H33N3O. The Bertz CT molecular complexity index is 456. The van der Waals surface area contributed by atoms with Gasteiger partial charge in [-0.25, -0.2) is 0 Å². The van der Waals surface area contributed by atoms with Gasteiger partial charge in [-0.15, -0.1) is 0 Å². The van der Waals surface area contributed by atoms with Gasteiger partial charge in [-0.3, -0.25) is 4.79 Å². The second-order valence-corrected chi connectivity index (χ2v) is 6.06. The molecule has 130 valence electrons. The zero-order valence-electron chi connectivity index (χ0n) is 15.3. The number of anilines is 2. The van der Waals surface area contributed by atoms with Gasteiger partial charge in [0.25, 0.3) is 0 Å². The van der Waals surface area contributed by atoms with Crippen LogP contribution in [0.3, 0.4) is 0 Å². The van der Waals surface area contributed by atoms with Gasteiger partial charge in [-0.1, -0.05) is 19.9 Å². The fourth-order valence-electron chi connectivity index (χ4n) is 2.66. The molecule has 0 radical (unpaired) electrons. The lowest BCUT2D eigenvalue weighted by Gasteiger charge is -2.20. The molecule has 0 saturated heterocycles. The monoisotopic (exact) mass is 319 g/mol. The average molecular weight is 319 g/mol. The van der Waals surface area contributed by atoms with Crippen molar-refractivity contribution in [2.45, 2.75) is 46.5 Å². The van der Waals surface area contributed by atoms with Crippen LogP contribution in [0.2, 0.25) is 0 Å². The number of nitrogens with zero attached hydrogens (tertiary/aromatic N) is 2. The Morgan fingerprint density at radius 1 is 1.09 bits per heavy atom. The van der Waals surface area contributed by atoms with E-state index in [1.807, 2.05) is 18.2 Å². The second kappa shape index (κ2) is 11.1. The Morgan fingerprint density at radius 2 is 1.78 bits per heavy atom. The van der Waals surface area contributed by atoms with Gasteiger partial charge >= 0.3 is 0 Å². The molecule has 23 heavy (non-hydrogen) atoms. The molecule has 0 spiro atoms. The highest BCUT2D eigenvalue weighted by molar-refractivity contribution is 5.91. The highest BCUT2D eigenvalue weighted by Gasteiger charge is 2.07. The first-order valence-electron chi connectivity index (χ1n) is 8.94. The summed E-state index contributed by atoms with van der Waals surface area (Å²) in [6.45, 7) is 10.7. The summed E-state index contributed by atoms with van der Waals surface area (Å²) in [6, 6.07) is 8.03. The summed E-state index contributed by atoms with van der Waals surface area (Å²) < 4.78 is 0. The van der Waals surface area contributed by atoms with Gasteiger partial charge in [-0.05, 0) is 64.0 Å². The van der Waals surface area contributed by atoms with Crippen LogP contribution in [-0.4, -0.2) is 44.0 Å². The van der Waals surface area contributed by atoms with Gasteiger partial charge in [0.1, 0.15) is 0 Å². The number of amides is 1. The Labute approximate surface area is 141 Å². The van der Waals surface area contributed by atoms with Crippen LogP contribution >= 0.6 is 0 Å². The molecule has 0 saturated carbocycles. The van der Waals surface area contributed by atoms with Gasteiger partial charge < -0.3 is 15.1 Å². The van der Waals surface area contributed by atoms with Crippen molar-refractivity contribution in [3.63, 3.8) is 0 Å². The summed E-state index contributed by atoms with van der Waals surface area (Å²) in [5, 5.41) is 3.01. The van der Waals surface area contributed by atoms with Gasteiger partial charge in [-0.2, -0.15) is 0 Å². The number of hydrogen-bond donors (Lipinski definition) is 1. The molecule has 4 heteroatoms. The first kappa shape index (κ1) is 19.5. The van der Waals surface area contributed by atoms with Crippen LogP contribution in [0, 0.1) is 0 Å². The lowest BCUT2D eigenvalue weighted by molar-refractivity contribution is -0.116. The lowest BCUT2D eigenvalue weighted by atomic mass is 10.2. The molecule has 0 unspecified atom stereocenters. The SMILES string of the molecule is CCCN(CCC)CCCC(=O)Nc1cccc(N(C)CC)c1. The van der Waals surface area contributed by atoms with Crippen LogP contribution in [0.4, 0.5) is 11.4 Å². The number of carbonyl (C=O) groups is 1. The summed E-state index contributed by atoms with van der Waals surface area (Å²) in [4.78, 5) is 16.7. The fourth-order valence-corrected chi connectivity index (χ4v) is 2.66. The molecule has 1 aromatic rings. The van der Waals surface area contributed by atoms with Crippen LogP contribution in [0.25, 0.3) is 0 Å². The Kier molecular flexibility index (Phi) is 9.37. The standard InChI is InChI=1S/C19H33N3O/c1-5-13-22(14-6-2)15-9-12-19(23)20-17-10-8-11-18(16-17)21(4)7-3/h8,10-11,16H,5-7,9,12-15H2,1-4H3,(H,20,23). The highest BCUT2D eigenvalue weighted by atomic mass is 16.1. The van der Waals surface area contributed by atoms with E-state index in [-0.39, 0.29) is 5.91 Å². The van der Waals surface area contributed by atoms with Crippen molar-refractivity contribution >= 4 is 17.3 Å². The zero-order chi connectivity index (χ0) is 17.1. The predicted octanol–water partition coefficient (Wildman–Crippen LogP) is 3.98. The normalized spacial score (nSPS) is 10.8. The topological polar surface area (TPSA) is 35.6 Å². The van der Waals surface area contributed by atoms with Crippen molar-refractivity contribution in [1.29, 1.82) is 0 Å². The quantitative estimate of drug-likeness (QED) is 0.670. The fraction of sp³-hybridized carbons (Fsp3) is 0.632. The van der Waals surface area contributed by atoms with Crippen molar-refractivity contribution in [3.05, 3.63) is 24.3 Å². The molecule has 1 aromatic carbocycles. The smallest absolute Gasteiger partial charge is 0.224 e. The van der Waals surface area contributed by atoms with Crippen molar-refractivity contribution in [1.82, 2.24) is 4.90 Å². The van der Waals surface area contributed by atoms with E-state index < -0.39 is 0 Å². The number of carbonyl (C=O) groups excluding carboxylic acids is 1. The molecule has 0 heterocycles. The maximum Gasteiger partial charge on any atom is 0.224 e.